The SMILES string of the molecule is CCC(CC)(CN)CCOc1cccc(C(C)C)c1. The molecular weight excluding hydrogens is 234 g/mol. The molecule has 1 aromatic rings. The van der Waals surface area contributed by atoms with Gasteiger partial charge >= 0.3 is 0 Å². The molecule has 2 heteroatoms. The number of nitrogens with two attached hydrogens (primary N) is 1. The lowest BCUT2D eigenvalue weighted by molar-refractivity contribution is 0.187. The van der Waals surface area contributed by atoms with Crippen molar-refractivity contribution in [1.82, 2.24) is 0 Å². The summed E-state index contributed by atoms with van der Waals surface area (Å²) < 4.78 is 5.90. The average molecular weight is 263 g/mol. The van der Waals surface area contributed by atoms with Gasteiger partial charge in [-0.1, -0.05) is 39.8 Å². The average Bonchev–Trinajstić information content (AvgIpc) is 2.44. The Kier molecular flexibility index (Phi) is 6.36. The first kappa shape index (κ1) is 16.0. The predicted octanol–water partition coefficient (Wildman–Crippen LogP) is 4.34. The first-order chi connectivity index (χ1) is 9.06. The zero-order valence-electron chi connectivity index (χ0n) is 12.9. The van der Waals surface area contributed by atoms with Gasteiger partial charge in [0.1, 0.15) is 5.75 Å². The summed E-state index contributed by atoms with van der Waals surface area (Å²) in [4.78, 5) is 0. The van der Waals surface area contributed by atoms with Crippen LogP contribution < -0.4 is 10.5 Å². The van der Waals surface area contributed by atoms with Crippen LogP contribution in [0.5, 0.6) is 5.75 Å². The molecule has 19 heavy (non-hydrogen) atoms. The Balaban J connectivity index is 2.55. The third-order valence-electron chi connectivity index (χ3n) is 4.36. The monoisotopic (exact) mass is 263 g/mol. The number of ether oxygens (including phenoxy) is 1. The molecule has 0 atom stereocenters. The third-order valence-corrected chi connectivity index (χ3v) is 4.36. The molecule has 1 rings (SSSR count). The lowest BCUT2D eigenvalue weighted by Gasteiger charge is -2.30. The second-order valence-electron chi connectivity index (χ2n) is 5.74. The summed E-state index contributed by atoms with van der Waals surface area (Å²) in [5.41, 5.74) is 7.49. The molecule has 0 heterocycles. The number of hydrogen-bond acceptors (Lipinski definition) is 2. The van der Waals surface area contributed by atoms with Gasteiger partial charge in [-0.05, 0) is 54.8 Å². The molecule has 108 valence electrons. The zero-order valence-corrected chi connectivity index (χ0v) is 12.9. The van der Waals surface area contributed by atoms with Gasteiger partial charge in [0.05, 0.1) is 6.61 Å². The van der Waals surface area contributed by atoms with Gasteiger partial charge in [-0.3, -0.25) is 0 Å². The third kappa shape index (κ3) is 4.54. The van der Waals surface area contributed by atoms with Crippen LogP contribution in [-0.4, -0.2) is 13.2 Å². The van der Waals surface area contributed by atoms with E-state index in [4.69, 9.17) is 10.5 Å². The molecule has 0 spiro atoms. The van der Waals surface area contributed by atoms with Crippen LogP contribution in [0.3, 0.4) is 0 Å². The van der Waals surface area contributed by atoms with Crippen LogP contribution in [0.15, 0.2) is 24.3 Å². The van der Waals surface area contributed by atoms with Crippen molar-refractivity contribution in [2.45, 2.75) is 52.9 Å². The summed E-state index contributed by atoms with van der Waals surface area (Å²) in [6.07, 6.45) is 3.27. The Morgan fingerprint density at radius 1 is 1.21 bits per heavy atom. The van der Waals surface area contributed by atoms with E-state index in [1.54, 1.807) is 0 Å². The van der Waals surface area contributed by atoms with E-state index in [2.05, 4.69) is 45.9 Å². The van der Waals surface area contributed by atoms with E-state index >= 15 is 0 Å². The maximum absolute atomic E-state index is 5.92. The smallest absolute Gasteiger partial charge is 0.119 e. The Hall–Kier alpha value is -1.02. The highest BCUT2D eigenvalue weighted by Gasteiger charge is 2.24. The summed E-state index contributed by atoms with van der Waals surface area (Å²) in [6, 6.07) is 8.40. The Bertz CT molecular complexity index is 361. The Morgan fingerprint density at radius 3 is 2.42 bits per heavy atom. The largest absolute Gasteiger partial charge is 0.494 e. The Labute approximate surface area is 118 Å². The van der Waals surface area contributed by atoms with Gasteiger partial charge in [-0.2, -0.15) is 0 Å². The van der Waals surface area contributed by atoms with Gasteiger partial charge < -0.3 is 10.5 Å². The molecule has 0 radical (unpaired) electrons. The first-order valence-corrected chi connectivity index (χ1v) is 7.49. The lowest BCUT2D eigenvalue weighted by atomic mass is 9.80. The molecule has 0 aliphatic carbocycles. The van der Waals surface area contributed by atoms with E-state index in [1.807, 2.05) is 6.07 Å². The van der Waals surface area contributed by atoms with Crippen molar-refractivity contribution in [1.29, 1.82) is 0 Å². The summed E-state index contributed by atoms with van der Waals surface area (Å²) >= 11 is 0. The molecule has 0 aliphatic rings. The summed E-state index contributed by atoms with van der Waals surface area (Å²) in [7, 11) is 0. The highest BCUT2D eigenvalue weighted by Crippen LogP contribution is 2.29. The van der Waals surface area contributed by atoms with Crippen LogP contribution in [0.4, 0.5) is 0 Å². The molecule has 0 amide bonds. The van der Waals surface area contributed by atoms with Gasteiger partial charge in [0.2, 0.25) is 0 Å². The molecular formula is C17H29NO. The summed E-state index contributed by atoms with van der Waals surface area (Å²) in [5.74, 6) is 1.52. The maximum Gasteiger partial charge on any atom is 0.119 e. The first-order valence-electron chi connectivity index (χ1n) is 7.49. The topological polar surface area (TPSA) is 35.2 Å². The fourth-order valence-electron chi connectivity index (χ4n) is 2.34. The molecule has 0 saturated heterocycles. The van der Waals surface area contributed by atoms with Gasteiger partial charge in [0.15, 0.2) is 0 Å². The minimum Gasteiger partial charge on any atom is -0.494 e. The Morgan fingerprint density at radius 2 is 1.89 bits per heavy atom. The number of rotatable bonds is 8. The van der Waals surface area contributed by atoms with E-state index in [-0.39, 0.29) is 5.41 Å². The van der Waals surface area contributed by atoms with E-state index in [0.717, 1.165) is 38.2 Å². The van der Waals surface area contributed by atoms with Gasteiger partial charge in [0.25, 0.3) is 0 Å². The summed E-state index contributed by atoms with van der Waals surface area (Å²) in [6.45, 7) is 10.3. The highest BCUT2D eigenvalue weighted by atomic mass is 16.5. The molecule has 0 unspecified atom stereocenters. The van der Waals surface area contributed by atoms with E-state index in [0.29, 0.717) is 5.92 Å². The van der Waals surface area contributed by atoms with Crippen LogP contribution in [0, 0.1) is 5.41 Å². The van der Waals surface area contributed by atoms with Crippen LogP contribution >= 0.6 is 0 Å². The molecule has 0 fully saturated rings. The van der Waals surface area contributed by atoms with Gasteiger partial charge in [0, 0.05) is 0 Å². The standard InChI is InChI=1S/C17H29NO/c1-5-17(6-2,13-18)10-11-19-16-9-7-8-15(12-16)14(3)4/h7-9,12,14H,5-6,10-11,13,18H2,1-4H3. The molecule has 1 aromatic carbocycles. The second-order valence-corrected chi connectivity index (χ2v) is 5.74. The fraction of sp³-hybridized carbons (Fsp3) is 0.647. The molecule has 2 nitrogen and oxygen atoms in total. The highest BCUT2D eigenvalue weighted by molar-refractivity contribution is 5.30. The quantitative estimate of drug-likeness (QED) is 0.757. The van der Waals surface area contributed by atoms with Crippen molar-refractivity contribution in [3.63, 3.8) is 0 Å². The molecule has 0 aliphatic heterocycles. The minimum atomic E-state index is 0.246. The predicted molar refractivity (Wildman–Crippen MR) is 82.7 cm³/mol. The van der Waals surface area contributed by atoms with Crippen molar-refractivity contribution in [3.05, 3.63) is 29.8 Å². The summed E-state index contributed by atoms with van der Waals surface area (Å²) in [5, 5.41) is 0. The van der Waals surface area contributed by atoms with E-state index in [1.165, 1.54) is 5.56 Å². The fourth-order valence-corrected chi connectivity index (χ4v) is 2.34. The molecule has 2 N–H and O–H groups in total. The van der Waals surface area contributed by atoms with E-state index < -0.39 is 0 Å². The van der Waals surface area contributed by atoms with Crippen LogP contribution in [0.2, 0.25) is 0 Å². The van der Waals surface area contributed by atoms with Crippen LogP contribution in [-0.2, 0) is 0 Å². The lowest BCUT2D eigenvalue weighted by Crippen LogP contribution is -2.31. The van der Waals surface area contributed by atoms with Crippen molar-refractivity contribution in [2.75, 3.05) is 13.2 Å². The van der Waals surface area contributed by atoms with Crippen LogP contribution in [0.1, 0.15) is 58.4 Å². The second kappa shape index (κ2) is 7.54. The molecule has 0 saturated carbocycles. The van der Waals surface area contributed by atoms with Crippen molar-refractivity contribution >= 4 is 0 Å². The maximum atomic E-state index is 5.92. The normalized spacial score (nSPS) is 11.9. The zero-order chi connectivity index (χ0) is 14.3. The van der Waals surface area contributed by atoms with Gasteiger partial charge in [-0.25, -0.2) is 0 Å². The molecule has 0 aromatic heterocycles. The number of hydrogen-bond donors (Lipinski definition) is 1. The van der Waals surface area contributed by atoms with Gasteiger partial charge in [-0.15, -0.1) is 0 Å². The van der Waals surface area contributed by atoms with Crippen molar-refractivity contribution in [3.8, 4) is 5.75 Å². The minimum absolute atomic E-state index is 0.246. The van der Waals surface area contributed by atoms with Crippen molar-refractivity contribution in [2.24, 2.45) is 11.1 Å². The number of benzene rings is 1. The van der Waals surface area contributed by atoms with Crippen LogP contribution in [0.25, 0.3) is 0 Å². The molecule has 0 bridgehead atoms. The van der Waals surface area contributed by atoms with Crippen molar-refractivity contribution < 1.29 is 4.74 Å². The van der Waals surface area contributed by atoms with E-state index in [9.17, 15) is 0 Å².